The molecule has 0 unspecified atom stereocenters. The summed E-state index contributed by atoms with van der Waals surface area (Å²) >= 11 is 0. The average Bonchev–Trinajstić information content (AvgIpc) is 3.37. The molecule has 2 aromatic carbocycles. The fourth-order valence-electron chi connectivity index (χ4n) is 4.56. The first-order valence-electron chi connectivity index (χ1n) is 11.8. The second-order valence-electron chi connectivity index (χ2n) is 8.71. The number of furan rings is 1. The largest absolute Gasteiger partial charge is 0.497 e. The highest BCUT2D eigenvalue weighted by Crippen LogP contribution is 2.34. The number of methoxy groups -OCH3 is 1. The molecule has 8 nitrogen and oxygen atoms in total. The van der Waals surface area contributed by atoms with Crippen molar-refractivity contribution in [1.82, 2.24) is 10.2 Å². The lowest BCUT2D eigenvalue weighted by atomic mass is 9.93. The number of nitrogens with one attached hydrogen (secondary N) is 1. The van der Waals surface area contributed by atoms with Gasteiger partial charge in [0.05, 0.1) is 37.2 Å². The molecule has 0 saturated carbocycles. The zero-order valence-electron chi connectivity index (χ0n) is 20.0. The molecular weight excluding hydrogens is 442 g/mol. The monoisotopic (exact) mass is 471 g/mol. The van der Waals surface area contributed by atoms with Crippen molar-refractivity contribution in [3.63, 3.8) is 0 Å². The van der Waals surface area contributed by atoms with E-state index in [0.717, 1.165) is 60.5 Å². The van der Waals surface area contributed by atoms with E-state index in [-0.39, 0.29) is 11.8 Å². The highest BCUT2D eigenvalue weighted by Gasteiger charge is 2.28. The number of anilines is 1. The third-order valence-electron chi connectivity index (χ3n) is 6.38. The Hall–Kier alpha value is -3.91. The fraction of sp³-hybridized carbons (Fsp3) is 0.296. The molecule has 1 aromatic heterocycles. The van der Waals surface area contributed by atoms with Gasteiger partial charge in [-0.25, -0.2) is 4.99 Å². The molecule has 1 atom stereocenters. The summed E-state index contributed by atoms with van der Waals surface area (Å²) < 4.78 is 10.8. The minimum atomic E-state index is -0.270. The van der Waals surface area contributed by atoms with Crippen LogP contribution in [0, 0.1) is 0 Å². The summed E-state index contributed by atoms with van der Waals surface area (Å²) in [5, 5.41) is 3.12. The first kappa shape index (κ1) is 22.9. The lowest BCUT2D eigenvalue weighted by Gasteiger charge is -2.34. The molecule has 1 amide bonds. The van der Waals surface area contributed by atoms with E-state index < -0.39 is 0 Å². The number of piperazine rings is 1. The van der Waals surface area contributed by atoms with Gasteiger partial charge in [-0.1, -0.05) is 24.3 Å². The number of benzene rings is 2. The molecule has 2 aliphatic heterocycles. The van der Waals surface area contributed by atoms with E-state index in [0.29, 0.717) is 12.4 Å². The summed E-state index contributed by atoms with van der Waals surface area (Å²) in [6.45, 7) is 5.48. The molecule has 35 heavy (non-hydrogen) atoms. The maximum atomic E-state index is 13.2. The average molecular weight is 472 g/mol. The molecule has 1 saturated heterocycles. The molecule has 180 valence electrons. The number of carbonyl (C=O) groups excluding carboxylic acids is 1. The molecule has 1 N–H and O–H groups in total. The van der Waals surface area contributed by atoms with Gasteiger partial charge in [0.25, 0.3) is 0 Å². The zero-order chi connectivity index (χ0) is 24.2. The van der Waals surface area contributed by atoms with Crippen LogP contribution in [0.5, 0.6) is 5.75 Å². The minimum Gasteiger partial charge on any atom is -0.497 e. The molecule has 3 aromatic rings. The van der Waals surface area contributed by atoms with Gasteiger partial charge >= 0.3 is 0 Å². The molecule has 0 spiro atoms. The predicted octanol–water partition coefficient (Wildman–Crippen LogP) is 4.15. The van der Waals surface area contributed by atoms with E-state index in [9.17, 15) is 4.79 Å². The van der Waals surface area contributed by atoms with Gasteiger partial charge in [-0.3, -0.25) is 14.7 Å². The highest BCUT2D eigenvalue weighted by atomic mass is 16.5. The van der Waals surface area contributed by atoms with Crippen molar-refractivity contribution in [1.29, 1.82) is 0 Å². The van der Waals surface area contributed by atoms with Crippen LogP contribution in [0.1, 0.15) is 18.4 Å². The SMILES string of the molecule is COc1ccc([C@H]2C(C)=Nc3ccccc3N=C2NC(=O)CN2CCN(c3ccco3)CC2)cc1. The van der Waals surface area contributed by atoms with Gasteiger partial charge in [0, 0.05) is 38.0 Å². The van der Waals surface area contributed by atoms with Crippen molar-refractivity contribution in [2.45, 2.75) is 12.8 Å². The van der Waals surface area contributed by atoms with E-state index in [4.69, 9.17) is 19.1 Å². The summed E-state index contributed by atoms with van der Waals surface area (Å²) in [5.74, 6) is 1.88. The Balaban J connectivity index is 1.34. The first-order chi connectivity index (χ1) is 17.1. The van der Waals surface area contributed by atoms with Crippen LogP contribution in [0.2, 0.25) is 0 Å². The van der Waals surface area contributed by atoms with Crippen LogP contribution in [-0.2, 0) is 4.79 Å². The lowest BCUT2D eigenvalue weighted by Crippen LogP contribution is -2.50. The lowest BCUT2D eigenvalue weighted by molar-refractivity contribution is -0.120. The quantitative estimate of drug-likeness (QED) is 0.605. The van der Waals surface area contributed by atoms with E-state index >= 15 is 0 Å². The number of hydrogen-bond donors (Lipinski definition) is 1. The number of amidine groups is 1. The number of aliphatic imine (C=N–C) groups is 2. The second-order valence-corrected chi connectivity index (χ2v) is 8.71. The van der Waals surface area contributed by atoms with Crippen LogP contribution >= 0.6 is 0 Å². The topological polar surface area (TPSA) is 82.7 Å². The Morgan fingerprint density at radius 2 is 1.71 bits per heavy atom. The third kappa shape index (κ3) is 5.12. The van der Waals surface area contributed by atoms with Crippen LogP contribution < -0.4 is 15.0 Å². The summed E-state index contributed by atoms with van der Waals surface area (Å²) in [4.78, 5) is 27.2. The molecule has 0 radical (unpaired) electrons. The fourth-order valence-corrected chi connectivity index (χ4v) is 4.56. The predicted molar refractivity (Wildman–Crippen MR) is 138 cm³/mol. The van der Waals surface area contributed by atoms with Crippen LogP contribution in [0.3, 0.4) is 0 Å². The third-order valence-corrected chi connectivity index (χ3v) is 6.38. The van der Waals surface area contributed by atoms with Crippen molar-refractivity contribution < 1.29 is 13.9 Å². The molecular formula is C27H29N5O3. The number of carbonyl (C=O) groups is 1. The van der Waals surface area contributed by atoms with E-state index in [1.807, 2.05) is 67.6 Å². The van der Waals surface area contributed by atoms with Gasteiger partial charge in [-0.2, -0.15) is 0 Å². The Morgan fingerprint density at radius 3 is 2.37 bits per heavy atom. The summed E-state index contributed by atoms with van der Waals surface area (Å²) in [5.41, 5.74) is 3.39. The van der Waals surface area contributed by atoms with E-state index in [1.165, 1.54) is 0 Å². The van der Waals surface area contributed by atoms with Crippen molar-refractivity contribution in [3.05, 3.63) is 72.5 Å². The van der Waals surface area contributed by atoms with Crippen LogP contribution in [-0.4, -0.2) is 62.2 Å². The summed E-state index contributed by atoms with van der Waals surface area (Å²) in [6.07, 6.45) is 1.69. The Labute approximate surface area is 204 Å². The van der Waals surface area contributed by atoms with Gasteiger partial charge in [0.2, 0.25) is 5.91 Å². The van der Waals surface area contributed by atoms with Crippen molar-refractivity contribution in [2.24, 2.45) is 9.98 Å². The van der Waals surface area contributed by atoms with Gasteiger partial charge in [-0.15, -0.1) is 0 Å². The Kier molecular flexibility index (Phi) is 6.63. The maximum absolute atomic E-state index is 13.2. The van der Waals surface area contributed by atoms with Gasteiger partial charge in [0.1, 0.15) is 11.6 Å². The molecule has 0 bridgehead atoms. The molecule has 0 aliphatic carbocycles. The number of fused-ring (bicyclic) bond motifs is 1. The Morgan fingerprint density at radius 1 is 1.00 bits per heavy atom. The maximum Gasteiger partial charge on any atom is 0.239 e. The number of rotatable bonds is 5. The van der Waals surface area contributed by atoms with Crippen LogP contribution in [0.15, 0.2) is 81.3 Å². The number of amides is 1. The molecule has 2 aliphatic rings. The van der Waals surface area contributed by atoms with Crippen LogP contribution in [0.4, 0.5) is 17.3 Å². The normalized spacial score (nSPS) is 18.2. The number of nitrogens with zero attached hydrogens (tertiary/aromatic N) is 4. The van der Waals surface area contributed by atoms with Crippen molar-refractivity contribution in [2.75, 3.05) is 44.7 Å². The standard InChI is InChI=1S/C27H29N5O3/c1-19-26(20-9-11-21(34-2)12-10-20)27(29-23-7-4-3-6-22(23)28-19)30-24(33)18-31-13-15-32(16-14-31)25-8-5-17-35-25/h3-12,17,26H,13-16,18H2,1-2H3,(H,29,30,33)/t26-/m1/s1. The molecule has 1 fully saturated rings. The molecule has 3 heterocycles. The van der Waals surface area contributed by atoms with Gasteiger partial charge in [-0.05, 0) is 42.8 Å². The smallest absolute Gasteiger partial charge is 0.239 e. The first-order valence-corrected chi connectivity index (χ1v) is 11.8. The number of hydrogen-bond acceptors (Lipinski definition) is 7. The van der Waals surface area contributed by atoms with E-state index in [2.05, 4.69) is 15.1 Å². The van der Waals surface area contributed by atoms with Gasteiger partial charge in [0.15, 0.2) is 5.88 Å². The Bertz CT molecular complexity index is 1230. The van der Waals surface area contributed by atoms with E-state index in [1.54, 1.807) is 13.4 Å². The molecule has 5 rings (SSSR count). The molecule has 8 heteroatoms. The number of ether oxygens (including phenoxy) is 1. The van der Waals surface area contributed by atoms with Crippen LogP contribution in [0.25, 0.3) is 0 Å². The minimum absolute atomic E-state index is 0.0825. The number of para-hydroxylation sites is 2. The van der Waals surface area contributed by atoms with Gasteiger partial charge < -0.3 is 19.4 Å². The highest BCUT2D eigenvalue weighted by molar-refractivity contribution is 6.17. The zero-order valence-corrected chi connectivity index (χ0v) is 20.0. The summed E-state index contributed by atoms with van der Waals surface area (Å²) in [6, 6.07) is 19.4. The second kappa shape index (κ2) is 10.1. The summed E-state index contributed by atoms with van der Waals surface area (Å²) in [7, 11) is 1.64. The van der Waals surface area contributed by atoms with Crippen molar-refractivity contribution in [3.8, 4) is 5.75 Å². The van der Waals surface area contributed by atoms with Crippen molar-refractivity contribution >= 4 is 34.7 Å².